The van der Waals surface area contributed by atoms with Crippen LogP contribution in [0.25, 0.3) is 10.9 Å². The van der Waals surface area contributed by atoms with E-state index < -0.39 is 0 Å². The maximum atomic E-state index is 12.2. The molecule has 0 radical (unpaired) electrons. The third kappa shape index (κ3) is 5.99. The Hall–Kier alpha value is -3.10. The number of piperidine rings is 1. The first-order valence-electron chi connectivity index (χ1n) is 12.2. The highest BCUT2D eigenvalue weighted by Gasteiger charge is 2.23. The van der Waals surface area contributed by atoms with Gasteiger partial charge in [-0.3, -0.25) is 4.98 Å². The zero-order chi connectivity index (χ0) is 24.9. The summed E-state index contributed by atoms with van der Waals surface area (Å²) in [6.45, 7) is 2.60. The van der Waals surface area contributed by atoms with Gasteiger partial charge in [-0.15, -0.1) is 0 Å². The molecule has 36 heavy (non-hydrogen) atoms. The van der Waals surface area contributed by atoms with Crippen LogP contribution in [0.1, 0.15) is 36.8 Å². The van der Waals surface area contributed by atoms with E-state index in [0.717, 1.165) is 55.4 Å². The van der Waals surface area contributed by atoms with E-state index in [1.807, 2.05) is 24.3 Å². The van der Waals surface area contributed by atoms with Crippen molar-refractivity contribution in [1.82, 2.24) is 15.6 Å². The van der Waals surface area contributed by atoms with Gasteiger partial charge >= 0.3 is 6.03 Å². The fraction of sp³-hybridized carbons (Fsp3) is 0.370. The summed E-state index contributed by atoms with van der Waals surface area (Å²) in [6, 6.07) is 13.4. The number of alkyl halides is 1. The molecule has 3 aromatic rings. The van der Waals surface area contributed by atoms with Gasteiger partial charge in [-0.25, -0.2) is 4.79 Å². The fourth-order valence-electron chi connectivity index (χ4n) is 4.26. The summed E-state index contributed by atoms with van der Waals surface area (Å²) in [6.07, 6.45) is 5.92. The Labute approximate surface area is 223 Å². The fourth-order valence-corrected chi connectivity index (χ4v) is 4.90. The number of benzene rings is 2. The summed E-state index contributed by atoms with van der Waals surface area (Å²) in [4.78, 5) is 16.7. The molecule has 0 atom stereocenters. The molecule has 2 aliphatic rings. The summed E-state index contributed by atoms with van der Waals surface area (Å²) in [5, 5.41) is 19.8. The number of nitrogens with zero attached hydrogens (tertiary/aromatic N) is 2. The quantitative estimate of drug-likeness (QED) is 0.234. The van der Waals surface area contributed by atoms with Gasteiger partial charge < -0.3 is 25.4 Å². The third-order valence-corrected chi connectivity index (χ3v) is 7.29. The smallest absolute Gasteiger partial charge is 0.319 e. The first kappa shape index (κ1) is 24.6. The molecule has 5 rings (SSSR count). The molecule has 2 amide bonds. The first-order chi connectivity index (χ1) is 17.6. The molecule has 9 heteroatoms. The average Bonchev–Trinajstić information content (AvgIpc) is 3.72. The van der Waals surface area contributed by atoms with Crippen LogP contribution in [0.2, 0.25) is 0 Å². The standard InChI is InChI=1S/C27H28IN5O3/c28-14-18-11-21(3-4-23(18)33-27(34)32-20-1-2-20)36-25-7-10-31-24-13-26(19(15-29)12-22(24)25)35-16-17-5-8-30-9-6-17/h3-4,7,10-13,17,20,30H,1-2,5-6,8-9,14,16H2,(H2,32,33,34). The van der Waals surface area contributed by atoms with Gasteiger partial charge in [0.2, 0.25) is 0 Å². The van der Waals surface area contributed by atoms with Gasteiger partial charge in [-0.05, 0) is 80.6 Å². The van der Waals surface area contributed by atoms with Gasteiger partial charge in [0.05, 0.1) is 17.7 Å². The van der Waals surface area contributed by atoms with E-state index in [0.29, 0.717) is 51.3 Å². The van der Waals surface area contributed by atoms with Crippen LogP contribution in [0.5, 0.6) is 17.2 Å². The molecule has 3 N–H and O–H groups in total. The third-order valence-electron chi connectivity index (χ3n) is 6.47. The molecule has 186 valence electrons. The number of hydrogen-bond acceptors (Lipinski definition) is 6. The van der Waals surface area contributed by atoms with Crippen molar-refractivity contribution in [2.75, 3.05) is 25.0 Å². The lowest BCUT2D eigenvalue weighted by Crippen LogP contribution is -2.30. The number of nitrogens with one attached hydrogen (secondary N) is 3. The molecule has 2 aromatic carbocycles. The van der Waals surface area contributed by atoms with Crippen molar-refractivity contribution in [2.24, 2.45) is 5.92 Å². The van der Waals surface area contributed by atoms with E-state index in [-0.39, 0.29) is 6.03 Å². The number of halogens is 1. The van der Waals surface area contributed by atoms with Crippen molar-refractivity contribution in [1.29, 1.82) is 5.26 Å². The minimum atomic E-state index is -0.181. The lowest BCUT2D eigenvalue weighted by molar-refractivity contribution is 0.215. The van der Waals surface area contributed by atoms with E-state index in [4.69, 9.17) is 9.47 Å². The molecule has 1 aliphatic heterocycles. The van der Waals surface area contributed by atoms with Crippen LogP contribution in [0.3, 0.4) is 0 Å². The highest BCUT2D eigenvalue weighted by molar-refractivity contribution is 14.1. The van der Waals surface area contributed by atoms with E-state index in [1.54, 1.807) is 18.3 Å². The number of urea groups is 1. The van der Waals surface area contributed by atoms with Gasteiger partial charge in [0, 0.05) is 33.8 Å². The highest BCUT2D eigenvalue weighted by atomic mass is 127. The number of hydrogen-bond donors (Lipinski definition) is 3. The van der Waals surface area contributed by atoms with Crippen molar-refractivity contribution >= 4 is 45.2 Å². The monoisotopic (exact) mass is 597 g/mol. The molecular weight excluding hydrogens is 569 g/mol. The molecule has 1 saturated carbocycles. The lowest BCUT2D eigenvalue weighted by Gasteiger charge is -2.23. The van der Waals surface area contributed by atoms with Crippen LogP contribution in [0.4, 0.5) is 10.5 Å². The minimum Gasteiger partial charge on any atom is -0.492 e. The average molecular weight is 597 g/mol. The topological polar surface area (TPSA) is 108 Å². The SMILES string of the molecule is N#Cc1cc2c(Oc3ccc(NC(=O)NC4CC4)c(CI)c3)ccnc2cc1OCC1CCNCC1. The van der Waals surface area contributed by atoms with Gasteiger partial charge in [-0.2, -0.15) is 5.26 Å². The normalized spacial score (nSPS) is 15.8. The number of anilines is 1. The van der Waals surface area contributed by atoms with Gasteiger partial charge in [0.25, 0.3) is 0 Å². The molecule has 1 saturated heterocycles. The zero-order valence-corrected chi connectivity index (χ0v) is 22.0. The molecule has 2 fully saturated rings. The van der Waals surface area contributed by atoms with Crippen LogP contribution < -0.4 is 25.4 Å². The summed E-state index contributed by atoms with van der Waals surface area (Å²) >= 11 is 2.27. The molecule has 2 heterocycles. The summed E-state index contributed by atoms with van der Waals surface area (Å²) in [5.74, 6) is 2.29. The minimum absolute atomic E-state index is 0.181. The molecule has 0 spiro atoms. The van der Waals surface area contributed by atoms with Crippen molar-refractivity contribution in [3.63, 3.8) is 0 Å². The predicted octanol–water partition coefficient (Wildman–Crippen LogP) is 5.50. The van der Waals surface area contributed by atoms with E-state index >= 15 is 0 Å². The largest absolute Gasteiger partial charge is 0.492 e. The van der Waals surface area contributed by atoms with Crippen molar-refractivity contribution < 1.29 is 14.3 Å². The van der Waals surface area contributed by atoms with Crippen molar-refractivity contribution in [3.8, 4) is 23.3 Å². The number of pyridine rings is 1. The summed E-state index contributed by atoms with van der Waals surface area (Å²) in [7, 11) is 0. The molecule has 0 bridgehead atoms. The van der Waals surface area contributed by atoms with Crippen LogP contribution in [-0.4, -0.2) is 36.8 Å². The number of carbonyl (C=O) groups is 1. The Kier molecular flexibility index (Phi) is 7.72. The Balaban J connectivity index is 1.35. The zero-order valence-electron chi connectivity index (χ0n) is 19.9. The van der Waals surface area contributed by atoms with E-state index in [9.17, 15) is 10.1 Å². The molecule has 1 aliphatic carbocycles. The predicted molar refractivity (Wildman–Crippen MR) is 147 cm³/mol. The number of aromatic nitrogens is 1. The number of ether oxygens (including phenoxy) is 2. The van der Waals surface area contributed by atoms with Crippen LogP contribution in [0, 0.1) is 17.2 Å². The van der Waals surface area contributed by atoms with Gasteiger partial charge in [-0.1, -0.05) is 22.6 Å². The van der Waals surface area contributed by atoms with Crippen LogP contribution in [-0.2, 0) is 4.43 Å². The Morgan fingerprint density at radius 3 is 2.72 bits per heavy atom. The van der Waals surface area contributed by atoms with Crippen LogP contribution in [0.15, 0.2) is 42.6 Å². The second-order valence-corrected chi connectivity index (χ2v) is 9.98. The lowest BCUT2D eigenvalue weighted by atomic mass is 9.99. The maximum absolute atomic E-state index is 12.2. The number of amides is 2. The molecule has 8 nitrogen and oxygen atoms in total. The number of rotatable bonds is 8. The van der Waals surface area contributed by atoms with Crippen LogP contribution >= 0.6 is 22.6 Å². The number of nitriles is 1. The van der Waals surface area contributed by atoms with E-state index in [2.05, 4.69) is 49.6 Å². The Morgan fingerprint density at radius 2 is 1.97 bits per heavy atom. The highest BCUT2D eigenvalue weighted by Crippen LogP contribution is 2.35. The molecular formula is C27H28IN5O3. The Morgan fingerprint density at radius 1 is 1.14 bits per heavy atom. The number of carbonyl (C=O) groups excluding carboxylic acids is 1. The first-order valence-corrected chi connectivity index (χ1v) is 13.8. The summed E-state index contributed by atoms with van der Waals surface area (Å²) in [5.41, 5.74) is 2.89. The molecule has 1 aromatic heterocycles. The second kappa shape index (κ2) is 11.3. The van der Waals surface area contributed by atoms with Crippen molar-refractivity contribution in [2.45, 2.75) is 36.2 Å². The van der Waals surface area contributed by atoms with Gasteiger partial charge in [0.15, 0.2) is 0 Å². The maximum Gasteiger partial charge on any atom is 0.319 e. The molecule has 0 unspecified atom stereocenters. The Bertz CT molecular complexity index is 1300. The second-order valence-electron chi connectivity index (χ2n) is 9.22. The number of fused-ring (bicyclic) bond motifs is 1. The summed E-state index contributed by atoms with van der Waals surface area (Å²) < 4.78 is 13.0. The van der Waals surface area contributed by atoms with Gasteiger partial charge in [0.1, 0.15) is 23.3 Å². The van der Waals surface area contributed by atoms with E-state index in [1.165, 1.54) is 0 Å². The van der Waals surface area contributed by atoms with Crippen molar-refractivity contribution in [3.05, 3.63) is 53.7 Å².